The molecule has 6 heteroatoms. The summed E-state index contributed by atoms with van der Waals surface area (Å²) in [6.07, 6.45) is 8.05. The predicted molar refractivity (Wildman–Crippen MR) is 124 cm³/mol. The minimum Gasteiger partial charge on any atom is -0.314 e. The summed E-state index contributed by atoms with van der Waals surface area (Å²) in [5.74, 6) is 0. The molecule has 2 rings (SSSR count). The highest BCUT2D eigenvalue weighted by atomic mass is 16.5. The van der Waals surface area contributed by atoms with Gasteiger partial charge in [-0.3, -0.25) is 0 Å². The van der Waals surface area contributed by atoms with Gasteiger partial charge in [-0.15, -0.1) is 0 Å². The van der Waals surface area contributed by atoms with E-state index in [1.54, 1.807) is 10.1 Å². The van der Waals surface area contributed by atoms with Gasteiger partial charge in [0.1, 0.15) is 0 Å². The summed E-state index contributed by atoms with van der Waals surface area (Å²) in [6, 6.07) is 0.437. The second kappa shape index (κ2) is 9.72. The molecule has 6 nitrogen and oxygen atoms in total. The average Bonchev–Trinajstić information content (AvgIpc) is 2.51. The van der Waals surface area contributed by atoms with Crippen LogP contribution in [-0.4, -0.2) is 67.9 Å². The van der Waals surface area contributed by atoms with Crippen LogP contribution < -0.4 is 10.6 Å². The van der Waals surface area contributed by atoms with Crippen molar-refractivity contribution in [3.8, 4) is 0 Å². The van der Waals surface area contributed by atoms with Gasteiger partial charge < -0.3 is 21.0 Å². The van der Waals surface area contributed by atoms with Crippen molar-refractivity contribution in [2.75, 3.05) is 13.1 Å². The molecule has 4 N–H and O–H groups in total. The molecule has 0 saturated carbocycles. The van der Waals surface area contributed by atoms with E-state index in [9.17, 15) is 10.4 Å². The van der Waals surface area contributed by atoms with Gasteiger partial charge in [-0.2, -0.15) is 10.1 Å². The van der Waals surface area contributed by atoms with E-state index in [1.807, 2.05) is 0 Å². The predicted octanol–water partition coefficient (Wildman–Crippen LogP) is 4.55. The Bertz CT molecular complexity index is 467. The lowest BCUT2D eigenvalue weighted by atomic mass is 9.79. The molecule has 0 aliphatic carbocycles. The molecule has 0 aromatic carbocycles. The van der Waals surface area contributed by atoms with Crippen molar-refractivity contribution >= 4 is 0 Å². The molecular formula is C24H50N4O2. The molecule has 0 aromatic rings. The molecule has 2 heterocycles. The number of nitrogens with zero attached hydrogens (tertiary/aromatic N) is 2. The maximum atomic E-state index is 10.6. The first kappa shape index (κ1) is 26.0. The zero-order valence-electron chi connectivity index (χ0n) is 21.0. The Morgan fingerprint density at radius 1 is 0.567 bits per heavy atom. The number of rotatable bonds is 9. The molecule has 0 spiro atoms. The fourth-order valence-corrected chi connectivity index (χ4v) is 6.22. The first-order valence-electron chi connectivity index (χ1n) is 12.1. The highest BCUT2D eigenvalue weighted by Crippen LogP contribution is 2.32. The van der Waals surface area contributed by atoms with E-state index in [0.29, 0.717) is 0 Å². The van der Waals surface area contributed by atoms with Gasteiger partial charge >= 0.3 is 0 Å². The lowest BCUT2D eigenvalue weighted by Gasteiger charge is -2.48. The standard InChI is InChI=1S/C24H50N4O2/c1-21(2)15-19(16-22(3,4)25-21)27(29)13-11-9-10-12-14-28(30)20-17-23(5,6)26-24(7,8)18-20/h19-20,25-26,29-30H,9-18H2,1-8H3. The molecule has 0 atom stereocenters. The third-order valence-electron chi connectivity index (χ3n) is 6.70. The maximum absolute atomic E-state index is 10.6. The number of hydrogen-bond donors (Lipinski definition) is 4. The Hall–Kier alpha value is -0.240. The SMILES string of the molecule is CC1(C)CC(N(O)CCCCCCN(O)C2CC(C)(C)NC(C)(C)C2)CC(C)(C)N1. The van der Waals surface area contributed by atoms with Crippen LogP contribution in [0, 0.1) is 0 Å². The Morgan fingerprint density at radius 2 is 0.833 bits per heavy atom. The first-order valence-corrected chi connectivity index (χ1v) is 12.1. The number of hydroxylamine groups is 4. The Labute approximate surface area is 185 Å². The molecule has 0 radical (unpaired) electrons. The zero-order valence-corrected chi connectivity index (χ0v) is 21.0. The Kier molecular flexibility index (Phi) is 8.43. The molecule has 178 valence electrons. The molecule has 0 amide bonds. The molecule has 0 unspecified atom stereocenters. The van der Waals surface area contributed by atoms with E-state index in [1.165, 1.54) is 0 Å². The zero-order chi connectivity index (χ0) is 22.8. The molecule has 30 heavy (non-hydrogen) atoms. The van der Waals surface area contributed by atoms with E-state index < -0.39 is 0 Å². The lowest BCUT2D eigenvalue weighted by Crippen LogP contribution is -2.62. The van der Waals surface area contributed by atoms with E-state index >= 15 is 0 Å². The smallest absolute Gasteiger partial charge is 0.0384 e. The Morgan fingerprint density at radius 3 is 1.10 bits per heavy atom. The summed E-state index contributed by atoms with van der Waals surface area (Å²) in [6.45, 7) is 19.2. The van der Waals surface area contributed by atoms with Crippen molar-refractivity contribution in [1.29, 1.82) is 0 Å². The second-order valence-corrected chi connectivity index (χ2v) is 12.7. The summed E-state index contributed by atoms with van der Waals surface area (Å²) in [5, 5.41) is 31.7. The van der Waals surface area contributed by atoms with Crippen LogP contribution in [0.15, 0.2) is 0 Å². The van der Waals surface area contributed by atoms with Gasteiger partial charge in [-0.05, 0) is 93.9 Å². The molecule has 2 fully saturated rings. The Balaban J connectivity index is 1.65. The van der Waals surface area contributed by atoms with Crippen molar-refractivity contribution in [2.45, 2.75) is 141 Å². The molecule has 2 aliphatic heterocycles. The van der Waals surface area contributed by atoms with Crippen LogP contribution in [0.1, 0.15) is 107 Å². The van der Waals surface area contributed by atoms with Crippen LogP contribution in [0.2, 0.25) is 0 Å². The molecule has 2 saturated heterocycles. The van der Waals surface area contributed by atoms with Crippen molar-refractivity contribution in [1.82, 2.24) is 20.8 Å². The van der Waals surface area contributed by atoms with Crippen LogP contribution in [0.4, 0.5) is 0 Å². The normalized spacial score (nSPS) is 26.4. The van der Waals surface area contributed by atoms with Gasteiger partial charge in [0, 0.05) is 47.3 Å². The van der Waals surface area contributed by atoms with Gasteiger partial charge in [-0.25, -0.2) is 0 Å². The fraction of sp³-hybridized carbons (Fsp3) is 1.00. The van der Waals surface area contributed by atoms with Gasteiger partial charge in [0.15, 0.2) is 0 Å². The third kappa shape index (κ3) is 8.36. The number of piperidine rings is 2. The number of unbranched alkanes of at least 4 members (excludes halogenated alkanes) is 3. The summed E-state index contributed by atoms with van der Waals surface area (Å²) in [7, 11) is 0. The van der Waals surface area contributed by atoms with E-state index in [4.69, 9.17) is 0 Å². The minimum atomic E-state index is 0.0513. The van der Waals surface area contributed by atoms with Gasteiger partial charge in [0.25, 0.3) is 0 Å². The fourth-order valence-electron chi connectivity index (χ4n) is 6.22. The quantitative estimate of drug-likeness (QED) is 0.320. The number of hydrogen-bond acceptors (Lipinski definition) is 6. The van der Waals surface area contributed by atoms with Crippen molar-refractivity contribution in [3.63, 3.8) is 0 Å². The van der Waals surface area contributed by atoms with Gasteiger partial charge in [0.2, 0.25) is 0 Å². The van der Waals surface area contributed by atoms with Crippen molar-refractivity contribution in [3.05, 3.63) is 0 Å². The van der Waals surface area contributed by atoms with E-state index in [2.05, 4.69) is 66.0 Å². The second-order valence-electron chi connectivity index (χ2n) is 12.7. The van der Waals surface area contributed by atoms with Gasteiger partial charge in [0.05, 0.1) is 0 Å². The van der Waals surface area contributed by atoms with Crippen LogP contribution >= 0.6 is 0 Å². The largest absolute Gasteiger partial charge is 0.314 e. The van der Waals surface area contributed by atoms with Crippen LogP contribution in [0.3, 0.4) is 0 Å². The van der Waals surface area contributed by atoms with E-state index in [-0.39, 0.29) is 34.2 Å². The van der Waals surface area contributed by atoms with Crippen LogP contribution in [0.5, 0.6) is 0 Å². The monoisotopic (exact) mass is 426 g/mol. The molecule has 0 bridgehead atoms. The van der Waals surface area contributed by atoms with Crippen molar-refractivity contribution in [2.24, 2.45) is 0 Å². The minimum absolute atomic E-state index is 0.0513. The lowest BCUT2D eigenvalue weighted by molar-refractivity contribution is -0.151. The van der Waals surface area contributed by atoms with Gasteiger partial charge in [-0.1, -0.05) is 12.8 Å². The van der Waals surface area contributed by atoms with E-state index in [0.717, 1.165) is 64.5 Å². The van der Waals surface area contributed by atoms with Crippen LogP contribution in [0.25, 0.3) is 0 Å². The number of nitrogens with one attached hydrogen (secondary N) is 2. The first-order chi connectivity index (χ1) is 13.6. The summed E-state index contributed by atoms with van der Waals surface area (Å²) in [5.41, 5.74) is 0.205. The highest BCUT2D eigenvalue weighted by Gasteiger charge is 2.40. The summed E-state index contributed by atoms with van der Waals surface area (Å²) < 4.78 is 0. The average molecular weight is 427 g/mol. The topological polar surface area (TPSA) is 71.0 Å². The molecule has 0 aromatic heterocycles. The molecular weight excluding hydrogens is 376 g/mol. The van der Waals surface area contributed by atoms with Crippen LogP contribution in [-0.2, 0) is 0 Å². The highest BCUT2D eigenvalue weighted by molar-refractivity contribution is 5.00. The summed E-state index contributed by atoms with van der Waals surface area (Å²) in [4.78, 5) is 0. The maximum Gasteiger partial charge on any atom is 0.0384 e. The van der Waals surface area contributed by atoms with Crippen molar-refractivity contribution < 1.29 is 10.4 Å². The summed E-state index contributed by atoms with van der Waals surface area (Å²) >= 11 is 0. The molecule has 2 aliphatic rings. The third-order valence-corrected chi connectivity index (χ3v) is 6.70.